The van der Waals surface area contributed by atoms with Crippen molar-refractivity contribution in [3.8, 4) is 17.1 Å². The lowest BCUT2D eigenvalue weighted by Gasteiger charge is -2.08. The van der Waals surface area contributed by atoms with Gasteiger partial charge in [0.2, 0.25) is 0 Å². The van der Waals surface area contributed by atoms with Gasteiger partial charge in [-0.2, -0.15) is 0 Å². The van der Waals surface area contributed by atoms with Crippen LogP contribution in [-0.2, 0) is 4.74 Å². The summed E-state index contributed by atoms with van der Waals surface area (Å²) in [4.78, 5) is 18.9. The second-order valence-electron chi connectivity index (χ2n) is 4.88. The molecule has 0 unspecified atom stereocenters. The van der Waals surface area contributed by atoms with E-state index < -0.39 is 12.3 Å². The molecule has 0 aliphatic heterocycles. The zero-order valence-electron chi connectivity index (χ0n) is 12.3. The molecule has 8 heteroatoms. The van der Waals surface area contributed by atoms with Gasteiger partial charge in [-0.15, -0.1) is 13.2 Å². The monoisotopic (exact) mass is 336 g/mol. The van der Waals surface area contributed by atoms with Crippen LogP contribution in [0.4, 0.5) is 13.2 Å². The van der Waals surface area contributed by atoms with Crippen LogP contribution in [0.25, 0.3) is 22.4 Å². The lowest BCUT2D eigenvalue weighted by Crippen LogP contribution is -2.16. The fourth-order valence-electron chi connectivity index (χ4n) is 2.21. The zero-order chi connectivity index (χ0) is 17.3. The summed E-state index contributed by atoms with van der Waals surface area (Å²) < 4.78 is 44.9. The molecule has 3 aromatic rings. The van der Waals surface area contributed by atoms with Gasteiger partial charge in [-0.3, -0.25) is 0 Å². The first-order valence-corrected chi connectivity index (χ1v) is 6.80. The van der Waals surface area contributed by atoms with Gasteiger partial charge in [0, 0.05) is 5.56 Å². The molecule has 124 valence electrons. The van der Waals surface area contributed by atoms with Crippen molar-refractivity contribution in [2.45, 2.75) is 6.36 Å². The third-order valence-corrected chi connectivity index (χ3v) is 3.26. The Morgan fingerprint density at radius 2 is 1.83 bits per heavy atom. The number of aromatic nitrogens is 2. The number of aromatic amines is 1. The van der Waals surface area contributed by atoms with Gasteiger partial charge in [0.15, 0.2) is 0 Å². The molecule has 24 heavy (non-hydrogen) atoms. The molecular formula is C16H11F3N2O3. The molecule has 3 rings (SSSR count). The molecule has 0 atom stereocenters. The van der Waals surface area contributed by atoms with E-state index >= 15 is 0 Å². The maximum absolute atomic E-state index is 12.2. The Kier molecular flexibility index (Phi) is 3.88. The number of nitrogens with zero attached hydrogens (tertiary/aromatic N) is 1. The summed E-state index contributed by atoms with van der Waals surface area (Å²) in [5.41, 5.74) is 2.19. The predicted molar refractivity (Wildman–Crippen MR) is 79.6 cm³/mol. The number of esters is 1. The fraction of sp³-hybridized carbons (Fsp3) is 0.125. The molecule has 0 fully saturated rings. The van der Waals surface area contributed by atoms with E-state index in [-0.39, 0.29) is 5.75 Å². The standard InChI is InChI=1S/C16H11F3N2O3/c1-23-15(22)10-4-7-12-13(8-10)21-14(20-12)9-2-5-11(6-3-9)24-16(17,18)19/h2-8H,1H3,(H,20,21). The zero-order valence-corrected chi connectivity index (χ0v) is 12.3. The average molecular weight is 336 g/mol. The number of halogens is 3. The van der Waals surface area contributed by atoms with Gasteiger partial charge in [0.05, 0.1) is 23.7 Å². The number of hydrogen-bond donors (Lipinski definition) is 1. The third-order valence-electron chi connectivity index (χ3n) is 3.26. The van der Waals surface area contributed by atoms with Crippen LogP contribution in [0.15, 0.2) is 42.5 Å². The lowest BCUT2D eigenvalue weighted by molar-refractivity contribution is -0.274. The molecule has 1 aromatic heterocycles. The van der Waals surface area contributed by atoms with Crippen LogP contribution in [0.2, 0.25) is 0 Å². The third kappa shape index (κ3) is 3.32. The van der Waals surface area contributed by atoms with Gasteiger partial charge in [0.1, 0.15) is 11.6 Å². The molecule has 0 radical (unpaired) electrons. The second-order valence-corrected chi connectivity index (χ2v) is 4.88. The summed E-state index contributed by atoms with van der Waals surface area (Å²) >= 11 is 0. The number of rotatable bonds is 3. The number of H-pyrrole nitrogens is 1. The molecule has 0 spiro atoms. The average Bonchev–Trinajstić information content (AvgIpc) is 2.96. The minimum Gasteiger partial charge on any atom is -0.465 e. The Bertz CT molecular complexity index is 886. The van der Waals surface area contributed by atoms with Crippen LogP contribution in [-0.4, -0.2) is 29.4 Å². The number of carbonyl (C=O) groups excluding carboxylic acids is 1. The molecule has 0 saturated carbocycles. The van der Waals surface area contributed by atoms with Crippen molar-refractivity contribution in [2.24, 2.45) is 0 Å². The Labute approximate surface area is 134 Å². The van der Waals surface area contributed by atoms with Crippen molar-refractivity contribution in [3.05, 3.63) is 48.0 Å². The molecule has 1 N–H and O–H groups in total. The van der Waals surface area contributed by atoms with E-state index in [0.717, 1.165) is 0 Å². The Morgan fingerprint density at radius 1 is 1.12 bits per heavy atom. The Balaban J connectivity index is 1.90. The van der Waals surface area contributed by atoms with Gasteiger partial charge in [-0.25, -0.2) is 9.78 Å². The van der Waals surface area contributed by atoms with E-state index in [9.17, 15) is 18.0 Å². The quantitative estimate of drug-likeness (QED) is 0.737. The van der Waals surface area contributed by atoms with Crippen LogP contribution in [0, 0.1) is 0 Å². The number of benzene rings is 2. The Hall–Kier alpha value is -3.03. The highest BCUT2D eigenvalue weighted by atomic mass is 19.4. The molecule has 1 heterocycles. The summed E-state index contributed by atoms with van der Waals surface area (Å²) in [6, 6.07) is 10.2. The van der Waals surface area contributed by atoms with Gasteiger partial charge < -0.3 is 14.5 Å². The first-order chi connectivity index (χ1) is 11.4. The predicted octanol–water partition coefficient (Wildman–Crippen LogP) is 3.92. The van der Waals surface area contributed by atoms with E-state index in [1.807, 2.05) is 0 Å². The maximum Gasteiger partial charge on any atom is 0.573 e. The normalized spacial score (nSPS) is 11.5. The number of carbonyl (C=O) groups is 1. The fourth-order valence-corrected chi connectivity index (χ4v) is 2.21. The van der Waals surface area contributed by atoms with Crippen LogP contribution < -0.4 is 4.74 Å². The highest BCUT2D eigenvalue weighted by molar-refractivity contribution is 5.94. The topological polar surface area (TPSA) is 64.2 Å². The summed E-state index contributed by atoms with van der Waals surface area (Å²) in [7, 11) is 1.29. The van der Waals surface area contributed by atoms with E-state index in [4.69, 9.17) is 0 Å². The second kappa shape index (κ2) is 5.88. The lowest BCUT2D eigenvalue weighted by atomic mass is 10.2. The summed E-state index contributed by atoms with van der Waals surface area (Å²) in [5, 5.41) is 0. The number of ether oxygens (including phenoxy) is 2. The number of fused-ring (bicyclic) bond motifs is 1. The molecule has 0 saturated heterocycles. The van der Waals surface area contributed by atoms with Crippen molar-refractivity contribution < 1.29 is 27.4 Å². The van der Waals surface area contributed by atoms with Gasteiger partial charge >= 0.3 is 12.3 Å². The first kappa shape index (κ1) is 15.9. The first-order valence-electron chi connectivity index (χ1n) is 6.80. The summed E-state index contributed by atoms with van der Waals surface area (Å²) in [5.74, 6) is -0.317. The van der Waals surface area contributed by atoms with Crippen LogP contribution in [0.5, 0.6) is 5.75 Å². The van der Waals surface area contributed by atoms with Crippen LogP contribution in [0.3, 0.4) is 0 Å². The number of imidazole rings is 1. The molecule has 2 aromatic carbocycles. The van der Waals surface area contributed by atoms with Gasteiger partial charge in [0.25, 0.3) is 0 Å². The largest absolute Gasteiger partial charge is 0.573 e. The molecule has 0 aliphatic rings. The number of alkyl halides is 3. The van der Waals surface area contributed by atoms with Gasteiger partial charge in [-0.1, -0.05) is 0 Å². The van der Waals surface area contributed by atoms with Crippen LogP contribution in [0.1, 0.15) is 10.4 Å². The highest BCUT2D eigenvalue weighted by Gasteiger charge is 2.31. The van der Waals surface area contributed by atoms with Crippen molar-refractivity contribution in [3.63, 3.8) is 0 Å². The van der Waals surface area contributed by atoms with E-state index in [1.165, 1.54) is 31.4 Å². The van der Waals surface area contributed by atoms with E-state index in [1.54, 1.807) is 18.2 Å². The molecular weight excluding hydrogens is 325 g/mol. The summed E-state index contributed by atoms with van der Waals surface area (Å²) in [6.07, 6.45) is -4.73. The van der Waals surface area contributed by atoms with Crippen molar-refractivity contribution >= 4 is 17.0 Å². The number of methoxy groups -OCH3 is 1. The minimum absolute atomic E-state index is 0.310. The highest BCUT2D eigenvalue weighted by Crippen LogP contribution is 2.26. The van der Waals surface area contributed by atoms with Crippen molar-refractivity contribution in [1.82, 2.24) is 9.97 Å². The van der Waals surface area contributed by atoms with Crippen molar-refractivity contribution in [2.75, 3.05) is 7.11 Å². The molecule has 0 bridgehead atoms. The van der Waals surface area contributed by atoms with Crippen LogP contribution >= 0.6 is 0 Å². The smallest absolute Gasteiger partial charge is 0.465 e. The molecule has 0 aliphatic carbocycles. The van der Waals surface area contributed by atoms with E-state index in [2.05, 4.69) is 19.4 Å². The minimum atomic E-state index is -4.73. The van der Waals surface area contributed by atoms with Crippen molar-refractivity contribution in [1.29, 1.82) is 0 Å². The van der Waals surface area contributed by atoms with E-state index in [0.29, 0.717) is 28.0 Å². The summed E-state index contributed by atoms with van der Waals surface area (Å²) in [6.45, 7) is 0. The maximum atomic E-state index is 12.2. The number of nitrogens with one attached hydrogen (secondary N) is 1. The Morgan fingerprint density at radius 3 is 2.46 bits per heavy atom. The molecule has 5 nitrogen and oxygen atoms in total. The molecule has 0 amide bonds. The SMILES string of the molecule is COC(=O)c1ccc2nc(-c3ccc(OC(F)(F)F)cc3)[nH]c2c1. The van der Waals surface area contributed by atoms with Gasteiger partial charge in [-0.05, 0) is 42.5 Å². The number of hydrogen-bond acceptors (Lipinski definition) is 4.